The van der Waals surface area contributed by atoms with Crippen molar-refractivity contribution in [1.82, 2.24) is 9.80 Å². The van der Waals surface area contributed by atoms with Crippen LogP contribution in [0.4, 0.5) is 0 Å². The lowest BCUT2D eigenvalue weighted by molar-refractivity contribution is -0.150. The van der Waals surface area contributed by atoms with Gasteiger partial charge in [0.1, 0.15) is 6.04 Å². The van der Waals surface area contributed by atoms with E-state index < -0.39 is 6.04 Å². The maximum Gasteiger partial charge on any atom is 0.255 e. The van der Waals surface area contributed by atoms with Crippen LogP contribution in [0.5, 0.6) is 0 Å². The first kappa shape index (κ1) is 15.7. The lowest BCUT2D eigenvalue weighted by atomic mass is 9.99. The van der Waals surface area contributed by atoms with E-state index in [0.717, 1.165) is 16.9 Å². The summed E-state index contributed by atoms with van der Waals surface area (Å²) in [6, 6.07) is 5.43. The molecule has 0 N–H and O–H groups in total. The molecule has 122 valence electrons. The third-order valence-corrected chi connectivity index (χ3v) is 4.64. The zero-order valence-corrected chi connectivity index (χ0v) is 13.8. The second kappa shape index (κ2) is 5.80. The van der Waals surface area contributed by atoms with Crippen molar-refractivity contribution >= 4 is 17.7 Å². The number of piperidine rings is 1. The van der Waals surface area contributed by atoms with E-state index in [0.29, 0.717) is 30.9 Å². The molecular weight excluding hydrogens is 292 g/mol. The summed E-state index contributed by atoms with van der Waals surface area (Å²) in [6.45, 7) is 4.79. The van der Waals surface area contributed by atoms with Crippen LogP contribution in [0, 0.1) is 5.92 Å². The minimum Gasteiger partial charge on any atom is -0.322 e. The highest BCUT2D eigenvalue weighted by Gasteiger charge is 2.41. The summed E-state index contributed by atoms with van der Waals surface area (Å²) in [4.78, 5) is 39.4. The lowest BCUT2D eigenvalue weighted by Crippen LogP contribution is -2.53. The Labute approximate surface area is 136 Å². The van der Waals surface area contributed by atoms with E-state index in [4.69, 9.17) is 0 Å². The smallest absolute Gasteiger partial charge is 0.255 e. The highest BCUT2D eigenvalue weighted by molar-refractivity contribution is 6.05. The summed E-state index contributed by atoms with van der Waals surface area (Å²) in [5.74, 6) is 0.0116. The third kappa shape index (κ3) is 2.76. The number of rotatable bonds is 3. The van der Waals surface area contributed by atoms with Crippen molar-refractivity contribution in [3.05, 3.63) is 34.9 Å². The molecule has 5 nitrogen and oxygen atoms in total. The molecule has 2 heterocycles. The van der Waals surface area contributed by atoms with Gasteiger partial charge in [-0.3, -0.25) is 19.3 Å². The zero-order valence-electron chi connectivity index (χ0n) is 13.8. The molecule has 2 aliphatic rings. The molecule has 0 aliphatic carbocycles. The standard InChI is InChI=1S/C18H22N2O3/c1-11(2)8-12-4-5-14-13(9-12)10-20(17(14)22)15-6-7-16(21)19(3)18(15)23/h4-5,9,11,15H,6-8,10H2,1-3H3. The van der Waals surface area contributed by atoms with Gasteiger partial charge in [0.2, 0.25) is 5.91 Å². The molecule has 3 amide bonds. The van der Waals surface area contributed by atoms with Crippen molar-refractivity contribution in [2.24, 2.45) is 5.92 Å². The summed E-state index contributed by atoms with van der Waals surface area (Å²) >= 11 is 0. The molecule has 5 heteroatoms. The van der Waals surface area contributed by atoms with Gasteiger partial charge in [0.15, 0.2) is 0 Å². The van der Waals surface area contributed by atoms with Crippen LogP contribution in [-0.2, 0) is 22.6 Å². The molecule has 2 aliphatic heterocycles. The molecule has 0 spiro atoms. The van der Waals surface area contributed by atoms with E-state index >= 15 is 0 Å². The molecule has 1 atom stereocenters. The van der Waals surface area contributed by atoms with Crippen LogP contribution < -0.4 is 0 Å². The molecule has 23 heavy (non-hydrogen) atoms. The van der Waals surface area contributed by atoms with Crippen molar-refractivity contribution in [2.45, 2.75) is 45.7 Å². The molecule has 1 aromatic carbocycles. The van der Waals surface area contributed by atoms with Crippen molar-refractivity contribution in [2.75, 3.05) is 7.05 Å². The zero-order chi connectivity index (χ0) is 16.7. The average molecular weight is 314 g/mol. The SMILES string of the molecule is CC(C)Cc1ccc2c(c1)CN(C1CCC(=O)N(C)C1=O)C2=O. The van der Waals surface area contributed by atoms with Gasteiger partial charge in [0.25, 0.3) is 11.8 Å². The van der Waals surface area contributed by atoms with Crippen LogP contribution in [0.3, 0.4) is 0 Å². The molecule has 1 saturated heterocycles. The topological polar surface area (TPSA) is 57.7 Å². The molecule has 1 unspecified atom stereocenters. The lowest BCUT2D eigenvalue weighted by Gasteiger charge is -2.33. The number of nitrogens with zero attached hydrogens (tertiary/aromatic N) is 2. The van der Waals surface area contributed by atoms with Gasteiger partial charge in [0, 0.05) is 25.6 Å². The molecule has 0 saturated carbocycles. The molecule has 0 radical (unpaired) electrons. The first-order chi connectivity index (χ1) is 10.9. The van der Waals surface area contributed by atoms with Crippen LogP contribution >= 0.6 is 0 Å². The molecule has 0 bridgehead atoms. The molecule has 1 aromatic rings. The van der Waals surface area contributed by atoms with Gasteiger partial charge < -0.3 is 4.90 Å². The Kier molecular flexibility index (Phi) is 3.96. The van der Waals surface area contributed by atoms with E-state index in [1.807, 2.05) is 12.1 Å². The van der Waals surface area contributed by atoms with Crippen molar-refractivity contribution < 1.29 is 14.4 Å². The normalized spacial score (nSPS) is 21.4. The fourth-order valence-electron chi connectivity index (χ4n) is 3.43. The number of hydrogen-bond acceptors (Lipinski definition) is 3. The number of imide groups is 1. The number of hydrogen-bond donors (Lipinski definition) is 0. The number of carbonyl (C=O) groups is 3. The number of carbonyl (C=O) groups excluding carboxylic acids is 3. The number of amides is 3. The fourth-order valence-corrected chi connectivity index (χ4v) is 3.43. The summed E-state index contributed by atoms with van der Waals surface area (Å²) < 4.78 is 0. The van der Waals surface area contributed by atoms with Gasteiger partial charge in [-0.25, -0.2) is 0 Å². The molecule has 1 fully saturated rings. The summed E-state index contributed by atoms with van der Waals surface area (Å²) in [5, 5.41) is 0. The fraction of sp³-hybridized carbons (Fsp3) is 0.500. The Morgan fingerprint density at radius 3 is 2.65 bits per heavy atom. The Bertz CT molecular complexity index is 681. The second-order valence-electron chi connectivity index (χ2n) is 6.87. The van der Waals surface area contributed by atoms with E-state index in [9.17, 15) is 14.4 Å². The van der Waals surface area contributed by atoms with Crippen molar-refractivity contribution in [3.8, 4) is 0 Å². The highest BCUT2D eigenvalue weighted by Crippen LogP contribution is 2.29. The third-order valence-electron chi connectivity index (χ3n) is 4.64. The first-order valence-electron chi connectivity index (χ1n) is 8.11. The van der Waals surface area contributed by atoms with Crippen LogP contribution in [-0.4, -0.2) is 40.6 Å². The van der Waals surface area contributed by atoms with Gasteiger partial charge in [0.05, 0.1) is 0 Å². The Morgan fingerprint density at radius 1 is 1.22 bits per heavy atom. The van der Waals surface area contributed by atoms with Crippen LogP contribution in [0.15, 0.2) is 18.2 Å². The van der Waals surface area contributed by atoms with E-state index in [1.165, 1.54) is 12.6 Å². The summed E-state index contributed by atoms with van der Waals surface area (Å²) in [5.41, 5.74) is 2.89. The van der Waals surface area contributed by atoms with Gasteiger partial charge in [-0.1, -0.05) is 26.0 Å². The quantitative estimate of drug-likeness (QED) is 0.802. The predicted molar refractivity (Wildman–Crippen MR) is 85.7 cm³/mol. The van der Waals surface area contributed by atoms with Crippen molar-refractivity contribution in [1.29, 1.82) is 0 Å². The second-order valence-corrected chi connectivity index (χ2v) is 6.87. The first-order valence-corrected chi connectivity index (χ1v) is 8.11. The Hall–Kier alpha value is -2.17. The Balaban J connectivity index is 1.83. The minimum atomic E-state index is -0.522. The summed E-state index contributed by atoms with van der Waals surface area (Å²) in [7, 11) is 1.49. The number of fused-ring (bicyclic) bond motifs is 1. The predicted octanol–water partition coefficient (Wildman–Crippen LogP) is 1.99. The molecular formula is C18H22N2O3. The number of likely N-dealkylation sites (N-methyl/N-ethyl adjacent to an activating group) is 1. The van der Waals surface area contributed by atoms with Crippen LogP contribution in [0.1, 0.15) is 48.2 Å². The maximum atomic E-state index is 12.6. The molecule has 3 rings (SSSR count). The van der Waals surface area contributed by atoms with Gasteiger partial charge in [-0.2, -0.15) is 0 Å². The minimum absolute atomic E-state index is 0.0998. The maximum absolute atomic E-state index is 12.6. The monoisotopic (exact) mass is 314 g/mol. The van der Waals surface area contributed by atoms with Gasteiger partial charge >= 0.3 is 0 Å². The summed E-state index contributed by atoms with van der Waals surface area (Å²) in [6.07, 6.45) is 1.70. The van der Waals surface area contributed by atoms with Gasteiger partial charge in [-0.15, -0.1) is 0 Å². The molecule has 0 aromatic heterocycles. The van der Waals surface area contributed by atoms with Gasteiger partial charge in [-0.05, 0) is 36.0 Å². The number of likely N-dealkylation sites (tertiary alicyclic amines) is 1. The largest absolute Gasteiger partial charge is 0.322 e. The van der Waals surface area contributed by atoms with E-state index in [2.05, 4.69) is 19.9 Å². The van der Waals surface area contributed by atoms with Crippen LogP contribution in [0.25, 0.3) is 0 Å². The Morgan fingerprint density at radius 2 is 1.96 bits per heavy atom. The van der Waals surface area contributed by atoms with Crippen LogP contribution in [0.2, 0.25) is 0 Å². The van der Waals surface area contributed by atoms with Crippen molar-refractivity contribution in [3.63, 3.8) is 0 Å². The van der Waals surface area contributed by atoms with E-state index in [1.54, 1.807) is 4.90 Å². The highest BCUT2D eigenvalue weighted by atomic mass is 16.2. The van der Waals surface area contributed by atoms with E-state index in [-0.39, 0.29) is 17.7 Å². The average Bonchev–Trinajstić information content (AvgIpc) is 2.81. The number of benzene rings is 1.